The lowest BCUT2D eigenvalue weighted by molar-refractivity contribution is -0.121. The molecular weight excluding hydrogens is 178 g/mol. The van der Waals surface area contributed by atoms with E-state index in [0.29, 0.717) is 0 Å². The average Bonchev–Trinajstić information content (AvgIpc) is 2.17. The summed E-state index contributed by atoms with van der Waals surface area (Å²) in [6.07, 6.45) is 7.64. The van der Waals surface area contributed by atoms with Crippen molar-refractivity contribution in [1.29, 1.82) is 0 Å². The SMILES string of the molecule is CCCCCCCCNC(=O)CCO. The first kappa shape index (κ1) is 13.4. The molecule has 0 atom stereocenters. The zero-order valence-corrected chi connectivity index (χ0v) is 9.22. The van der Waals surface area contributed by atoms with Crippen molar-refractivity contribution in [2.24, 2.45) is 0 Å². The predicted molar refractivity (Wildman–Crippen MR) is 58.1 cm³/mol. The first-order chi connectivity index (χ1) is 6.81. The Morgan fingerprint density at radius 1 is 1.14 bits per heavy atom. The lowest BCUT2D eigenvalue weighted by Crippen LogP contribution is -2.24. The van der Waals surface area contributed by atoms with Crippen molar-refractivity contribution in [3.05, 3.63) is 0 Å². The molecule has 0 aromatic heterocycles. The van der Waals surface area contributed by atoms with Crippen LogP contribution in [0.15, 0.2) is 0 Å². The van der Waals surface area contributed by atoms with Crippen LogP contribution in [-0.4, -0.2) is 24.2 Å². The zero-order valence-electron chi connectivity index (χ0n) is 9.22. The summed E-state index contributed by atoms with van der Waals surface area (Å²) in [6, 6.07) is 0. The fourth-order valence-corrected chi connectivity index (χ4v) is 1.32. The number of carbonyl (C=O) groups is 1. The van der Waals surface area contributed by atoms with E-state index >= 15 is 0 Å². The van der Waals surface area contributed by atoms with Crippen LogP contribution in [0.5, 0.6) is 0 Å². The molecule has 0 heterocycles. The number of hydrogen-bond acceptors (Lipinski definition) is 2. The van der Waals surface area contributed by atoms with E-state index < -0.39 is 0 Å². The van der Waals surface area contributed by atoms with Crippen molar-refractivity contribution in [1.82, 2.24) is 5.32 Å². The molecule has 14 heavy (non-hydrogen) atoms. The topological polar surface area (TPSA) is 49.3 Å². The Balaban J connectivity index is 3.01. The number of nitrogens with one attached hydrogen (secondary N) is 1. The summed E-state index contributed by atoms with van der Waals surface area (Å²) < 4.78 is 0. The minimum Gasteiger partial charge on any atom is -0.396 e. The van der Waals surface area contributed by atoms with Crippen LogP contribution >= 0.6 is 0 Å². The van der Waals surface area contributed by atoms with E-state index in [1.54, 1.807) is 0 Å². The highest BCUT2D eigenvalue weighted by molar-refractivity contribution is 5.75. The maximum absolute atomic E-state index is 10.9. The largest absolute Gasteiger partial charge is 0.396 e. The lowest BCUT2D eigenvalue weighted by atomic mass is 10.1. The molecule has 0 unspecified atom stereocenters. The molecule has 0 saturated carbocycles. The summed E-state index contributed by atoms with van der Waals surface area (Å²) >= 11 is 0. The van der Waals surface area contributed by atoms with Gasteiger partial charge in [-0.05, 0) is 6.42 Å². The van der Waals surface area contributed by atoms with E-state index in [2.05, 4.69) is 12.2 Å². The number of aliphatic hydroxyl groups excluding tert-OH is 1. The minimum atomic E-state index is -0.0532. The summed E-state index contributed by atoms with van der Waals surface area (Å²) in [5.41, 5.74) is 0. The monoisotopic (exact) mass is 201 g/mol. The Morgan fingerprint density at radius 3 is 2.43 bits per heavy atom. The molecule has 0 rings (SSSR count). The third kappa shape index (κ3) is 9.52. The molecule has 3 heteroatoms. The van der Waals surface area contributed by atoms with Gasteiger partial charge in [-0.2, -0.15) is 0 Å². The Bertz CT molecular complexity index is 137. The third-order valence-corrected chi connectivity index (χ3v) is 2.19. The van der Waals surface area contributed by atoms with Crippen molar-refractivity contribution in [3.8, 4) is 0 Å². The van der Waals surface area contributed by atoms with Crippen molar-refractivity contribution in [2.75, 3.05) is 13.2 Å². The van der Waals surface area contributed by atoms with Crippen LogP contribution in [-0.2, 0) is 4.79 Å². The van der Waals surface area contributed by atoms with Gasteiger partial charge in [-0.1, -0.05) is 39.0 Å². The molecule has 0 fully saturated rings. The van der Waals surface area contributed by atoms with Crippen molar-refractivity contribution < 1.29 is 9.90 Å². The summed E-state index contributed by atoms with van der Waals surface area (Å²) in [7, 11) is 0. The van der Waals surface area contributed by atoms with Crippen molar-refractivity contribution in [3.63, 3.8) is 0 Å². The van der Waals surface area contributed by atoms with Gasteiger partial charge in [0.25, 0.3) is 0 Å². The predicted octanol–water partition coefficient (Wildman–Crippen LogP) is 1.85. The maximum Gasteiger partial charge on any atom is 0.222 e. The van der Waals surface area contributed by atoms with E-state index in [9.17, 15) is 4.79 Å². The van der Waals surface area contributed by atoms with Gasteiger partial charge in [0.2, 0.25) is 5.91 Å². The van der Waals surface area contributed by atoms with Gasteiger partial charge in [-0.3, -0.25) is 4.79 Å². The van der Waals surface area contributed by atoms with E-state index in [1.807, 2.05) is 0 Å². The van der Waals surface area contributed by atoms with Gasteiger partial charge in [0.15, 0.2) is 0 Å². The quantitative estimate of drug-likeness (QED) is 0.559. The molecule has 3 nitrogen and oxygen atoms in total. The molecule has 1 amide bonds. The number of aliphatic hydroxyl groups is 1. The first-order valence-electron chi connectivity index (χ1n) is 5.68. The molecule has 0 bridgehead atoms. The second kappa shape index (κ2) is 10.5. The van der Waals surface area contributed by atoms with Crippen LogP contribution in [0.25, 0.3) is 0 Å². The van der Waals surface area contributed by atoms with Crippen LogP contribution in [0.3, 0.4) is 0 Å². The molecular formula is C11H23NO2. The smallest absolute Gasteiger partial charge is 0.222 e. The normalized spacial score (nSPS) is 10.1. The van der Waals surface area contributed by atoms with Gasteiger partial charge in [-0.25, -0.2) is 0 Å². The summed E-state index contributed by atoms with van der Waals surface area (Å²) in [4.78, 5) is 10.9. The van der Waals surface area contributed by atoms with Crippen LogP contribution < -0.4 is 5.32 Å². The maximum atomic E-state index is 10.9. The Kier molecular flexibility index (Phi) is 10.1. The third-order valence-electron chi connectivity index (χ3n) is 2.19. The Hall–Kier alpha value is -0.570. The van der Waals surface area contributed by atoms with Gasteiger partial charge in [0.05, 0.1) is 6.61 Å². The standard InChI is InChI=1S/C11H23NO2/c1-2-3-4-5-6-7-9-12-11(14)8-10-13/h13H,2-10H2,1H3,(H,12,14). The minimum absolute atomic E-state index is 0.0407. The molecule has 0 aliphatic rings. The molecule has 0 spiro atoms. The van der Waals surface area contributed by atoms with Gasteiger partial charge in [0.1, 0.15) is 0 Å². The van der Waals surface area contributed by atoms with E-state index in [4.69, 9.17) is 5.11 Å². The van der Waals surface area contributed by atoms with Gasteiger partial charge in [-0.15, -0.1) is 0 Å². The number of hydrogen-bond donors (Lipinski definition) is 2. The van der Waals surface area contributed by atoms with Crippen LogP contribution in [0.2, 0.25) is 0 Å². The molecule has 0 aliphatic carbocycles. The van der Waals surface area contributed by atoms with Crippen LogP contribution in [0, 0.1) is 0 Å². The lowest BCUT2D eigenvalue weighted by Gasteiger charge is -2.03. The summed E-state index contributed by atoms with van der Waals surface area (Å²) in [6.45, 7) is 2.91. The number of amides is 1. The van der Waals surface area contributed by atoms with Crippen molar-refractivity contribution in [2.45, 2.75) is 51.9 Å². The van der Waals surface area contributed by atoms with Gasteiger partial charge >= 0.3 is 0 Å². The number of rotatable bonds is 9. The van der Waals surface area contributed by atoms with E-state index in [-0.39, 0.29) is 18.9 Å². The van der Waals surface area contributed by atoms with Gasteiger partial charge in [0, 0.05) is 13.0 Å². The molecule has 84 valence electrons. The zero-order chi connectivity index (χ0) is 10.6. The van der Waals surface area contributed by atoms with E-state index in [0.717, 1.165) is 13.0 Å². The highest BCUT2D eigenvalue weighted by atomic mass is 16.3. The molecule has 2 N–H and O–H groups in total. The van der Waals surface area contributed by atoms with Crippen LogP contribution in [0.4, 0.5) is 0 Å². The fraction of sp³-hybridized carbons (Fsp3) is 0.909. The average molecular weight is 201 g/mol. The second-order valence-corrected chi connectivity index (χ2v) is 3.59. The molecule has 0 aromatic rings. The highest BCUT2D eigenvalue weighted by Gasteiger charge is 1.97. The molecule has 0 radical (unpaired) electrons. The highest BCUT2D eigenvalue weighted by Crippen LogP contribution is 2.03. The molecule has 0 aromatic carbocycles. The Labute approximate surface area is 86.9 Å². The van der Waals surface area contributed by atoms with Gasteiger partial charge < -0.3 is 10.4 Å². The first-order valence-corrected chi connectivity index (χ1v) is 5.68. The van der Waals surface area contributed by atoms with E-state index in [1.165, 1.54) is 32.1 Å². The van der Waals surface area contributed by atoms with Crippen LogP contribution in [0.1, 0.15) is 51.9 Å². The number of unbranched alkanes of at least 4 members (excludes halogenated alkanes) is 5. The molecule has 0 saturated heterocycles. The Morgan fingerprint density at radius 2 is 1.79 bits per heavy atom. The van der Waals surface area contributed by atoms with Crippen molar-refractivity contribution >= 4 is 5.91 Å². The molecule has 0 aliphatic heterocycles. The fourth-order valence-electron chi connectivity index (χ4n) is 1.32. The summed E-state index contributed by atoms with van der Waals surface area (Å²) in [5, 5.41) is 11.3. The second-order valence-electron chi connectivity index (χ2n) is 3.59. The summed E-state index contributed by atoms with van der Waals surface area (Å²) in [5.74, 6) is -0.0407. The number of carbonyl (C=O) groups excluding carboxylic acids is 1.